The first-order valence-electron chi connectivity index (χ1n) is 7.60. The van der Waals surface area contributed by atoms with Gasteiger partial charge >= 0.3 is 0 Å². The van der Waals surface area contributed by atoms with Gasteiger partial charge in [0.25, 0.3) is 5.69 Å². The maximum Gasteiger partial charge on any atom is 0.289 e. The predicted octanol–water partition coefficient (Wildman–Crippen LogP) is 2.08. The van der Waals surface area contributed by atoms with Gasteiger partial charge in [-0.05, 0) is 24.5 Å². The lowest BCUT2D eigenvalue weighted by atomic mass is 10.2. The van der Waals surface area contributed by atoms with Crippen molar-refractivity contribution in [3.8, 4) is 0 Å². The van der Waals surface area contributed by atoms with Crippen molar-refractivity contribution in [2.75, 3.05) is 18.1 Å². The van der Waals surface area contributed by atoms with Crippen molar-refractivity contribution in [3.05, 3.63) is 33.3 Å². The molecule has 1 heterocycles. The zero-order valence-electron chi connectivity index (χ0n) is 13.8. The van der Waals surface area contributed by atoms with Gasteiger partial charge in [-0.2, -0.15) is 4.31 Å². The zero-order valence-corrected chi connectivity index (χ0v) is 16.1. The molecule has 2 rings (SSSR count). The topological polar surface area (TPSA) is 115 Å². The van der Waals surface area contributed by atoms with Crippen molar-refractivity contribution in [2.45, 2.75) is 31.2 Å². The van der Waals surface area contributed by atoms with Gasteiger partial charge in [-0.15, -0.1) is 0 Å². The van der Waals surface area contributed by atoms with Gasteiger partial charge in [0.05, 0.1) is 21.3 Å². The third-order valence-electron chi connectivity index (χ3n) is 3.88. The van der Waals surface area contributed by atoms with Gasteiger partial charge in [-0.1, -0.05) is 25.4 Å². The molecule has 0 amide bonds. The van der Waals surface area contributed by atoms with Crippen LogP contribution in [0.3, 0.4) is 0 Å². The largest absolute Gasteiger partial charge is 0.289 e. The highest BCUT2D eigenvalue weighted by Gasteiger charge is 2.39. The molecule has 1 saturated heterocycles. The summed E-state index contributed by atoms with van der Waals surface area (Å²) in [7, 11) is -7.38. The Bertz CT molecular complexity index is 883. The first-order valence-corrected chi connectivity index (χ1v) is 11.2. The summed E-state index contributed by atoms with van der Waals surface area (Å²) >= 11 is 5.74. The molecule has 11 heteroatoms. The minimum Gasteiger partial charge on any atom is -0.258 e. The molecule has 1 fully saturated rings. The second-order valence-electron chi connectivity index (χ2n) is 6.40. The van der Waals surface area contributed by atoms with E-state index in [1.807, 2.05) is 13.8 Å². The zero-order chi connectivity index (χ0) is 19.0. The van der Waals surface area contributed by atoms with E-state index >= 15 is 0 Å². The summed E-state index contributed by atoms with van der Waals surface area (Å²) in [5.41, 5.74) is -0.508. The highest BCUT2D eigenvalue weighted by molar-refractivity contribution is 7.92. The van der Waals surface area contributed by atoms with Gasteiger partial charge < -0.3 is 0 Å². The molecule has 0 saturated carbocycles. The average Bonchev–Trinajstić information content (AvgIpc) is 2.84. The Hall–Kier alpha value is -1.23. The number of hydrogen-bond acceptors (Lipinski definition) is 6. The highest BCUT2D eigenvalue weighted by Crippen LogP contribution is 2.31. The van der Waals surface area contributed by atoms with Gasteiger partial charge in [0, 0.05) is 18.7 Å². The summed E-state index contributed by atoms with van der Waals surface area (Å²) in [6, 6.07) is 2.59. The standard InChI is InChI=1S/C14H19ClN2O6S2/c1-10(2)8-16(11-5-6-24(20,21)9-11)25(22,23)12-3-4-13(15)14(7-12)17(18)19/h3-4,7,10-11H,5-6,8-9H2,1-2H3/t11-/m1/s1. The fraction of sp³-hybridized carbons (Fsp3) is 0.571. The summed E-state index contributed by atoms with van der Waals surface area (Å²) in [4.78, 5) is 10.00. The predicted molar refractivity (Wildman–Crippen MR) is 93.9 cm³/mol. The lowest BCUT2D eigenvalue weighted by Gasteiger charge is -2.28. The van der Waals surface area contributed by atoms with Gasteiger partial charge in [0.15, 0.2) is 9.84 Å². The van der Waals surface area contributed by atoms with Crippen LogP contribution >= 0.6 is 11.6 Å². The average molecular weight is 411 g/mol. The van der Waals surface area contributed by atoms with Crippen molar-refractivity contribution in [2.24, 2.45) is 5.92 Å². The second-order valence-corrected chi connectivity index (χ2v) is 10.9. The molecule has 1 atom stereocenters. The molecular weight excluding hydrogens is 392 g/mol. The lowest BCUT2D eigenvalue weighted by Crippen LogP contribution is -2.43. The molecule has 25 heavy (non-hydrogen) atoms. The van der Waals surface area contributed by atoms with E-state index in [0.717, 1.165) is 16.4 Å². The van der Waals surface area contributed by atoms with E-state index in [9.17, 15) is 26.9 Å². The van der Waals surface area contributed by atoms with E-state index in [1.54, 1.807) is 0 Å². The van der Waals surface area contributed by atoms with Crippen molar-refractivity contribution in [1.29, 1.82) is 0 Å². The van der Waals surface area contributed by atoms with Crippen molar-refractivity contribution >= 4 is 37.1 Å². The third-order valence-corrected chi connectivity index (χ3v) is 7.87. The van der Waals surface area contributed by atoms with Crippen LogP contribution in [0.4, 0.5) is 5.69 Å². The van der Waals surface area contributed by atoms with Gasteiger partial charge in [-0.25, -0.2) is 16.8 Å². The number of sulfone groups is 1. The number of nitrogens with zero attached hydrogens (tertiary/aromatic N) is 2. The van der Waals surface area contributed by atoms with Crippen molar-refractivity contribution in [1.82, 2.24) is 4.31 Å². The summed E-state index contributed by atoms with van der Waals surface area (Å²) < 4.78 is 50.7. The first-order chi connectivity index (χ1) is 11.4. The molecule has 0 aliphatic carbocycles. The van der Waals surface area contributed by atoms with Crippen molar-refractivity contribution < 1.29 is 21.8 Å². The quantitative estimate of drug-likeness (QED) is 0.523. The van der Waals surface area contributed by atoms with Crippen LogP contribution in [0.25, 0.3) is 0 Å². The van der Waals surface area contributed by atoms with Crippen LogP contribution in [-0.2, 0) is 19.9 Å². The molecule has 0 spiro atoms. The fourth-order valence-corrected chi connectivity index (χ4v) is 6.58. The van der Waals surface area contributed by atoms with E-state index in [4.69, 9.17) is 11.6 Å². The summed E-state index contributed by atoms with van der Waals surface area (Å²) in [5, 5.41) is 10.9. The van der Waals surface area contributed by atoms with Crippen LogP contribution in [0.5, 0.6) is 0 Å². The van der Waals surface area contributed by atoms with Crippen molar-refractivity contribution in [3.63, 3.8) is 0 Å². The Kier molecular flexibility index (Phi) is 5.77. The summed E-state index contributed by atoms with van der Waals surface area (Å²) in [6.07, 6.45) is 0.212. The summed E-state index contributed by atoms with van der Waals surface area (Å²) in [6.45, 7) is 3.76. The monoisotopic (exact) mass is 410 g/mol. The normalized spacial score (nSPS) is 20.3. The maximum absolute atomic E-state index is 13.0. The minimum atomic E-state index is -4.10. The first kappa shape index (κ1) is 20.1. The van der Waals surface area contributed by atoms with E-state index in [-0.39, 0.29) is 40.3 Å². The Morgan fingerprint density at radius 1 is 1.40 bits per heavy atom. The number of halogens is 1. The van der Waals surface area contributed by atoms with Gasteiger partial charge in [-0.3, -0.25) is 10.1 Å². The van der Waals surface area contributed by atoms with Gasteiger partial charge in [0.1, 0.15) is 5.02 Å². The Morgan fingerprint density at radius 3 is 2.52 bits per heavy atom. The number of sulfonamides is 1. The van der Waals surface area contributed by atoms with E-state index in [2.05, 4.69) is 0 Å². The second kappa shape index (κ2) is 7.18. The number of nitro groups is 1. The molecule has 0 aromatic heterocycles. The number of nitro benzene ring substituents is 1. The smallest absolute Gasteiger partial charge is 0.258 e. The number of benzene rings is 1. The Balaban J connectivity index is 2.48. The molecule has 0 bridgehead atoms. The third kappa shape index (κ3) is 4.49. The summed E-state index contributed by atoms with van der Waals surface area (Å²) in [5.74, 6) is -0.350. The van der Waals surface area contributed by atoms with Crippen LogP contribution in [0.1, 0.15) is 20.3 Å². The molecule has 1 aromatic carbocycles. The molecule has 8 nitrogen and oxygen atoms in total. The van der Waals surface area contributed by atoms with Crippen LogP contribution < -0.4 is 0 Å². The molecule has 1 aromatic rings. The molecule has 1 aliphatic heterocycles. The number of hydrogen-bond donors (Lipinski definition) is 0. The van der Waals surface area contributed by atoms with Crippen LogP contribution in [0, 0.1) is 16.0 Å². The van der Waals surface area contributed by atoms with Crippen LogP contribution in [0.2, 0.25) is 5.02 Å². The molecule has 0 N–H and O–H groups in total. The van der Waals surface area contributed by atoms with Crippen LogP contribution in [-0.4, -0.2) is 50.2 Å². The van der Waals surface area contributed by atoms with Crippen LogP contribution in [0.15, 0.2) is 23.1 Å². The lowest BCUT2D eigenvalue weighted by molar-refractivity contribution is -0.384. The fourth-order valence-electron chi connectivity index (χ4n) is 2.73. The SMILES string of the molecule is CC(C)CN([C@@H]1CCS(=O)(=O)C1)S(=O)(=O)c1ccc(Cl)c([N+](=O)[O-])c1. The minimum absolute atomic E-state index is 0.0413. The van der Waals surface area contributed by atoms with E-state index in [0.29, 0.717) is 0 Å². The number of rotatable bonds is 6. The highest BCUT2D eigenvalue weighted by atomic mass is 35.5. The Morgan fingerprint density at radius 2 is 2.04 bits per heavy atom. The molecular formula is C14H19ClN2O6S2. The molecule has 1 aliphatic rings. The molecule has 0 unspecified atom stereocenters. The van der Waals surface area contributed by atoms with E-state index in [1.165, 1.54) is 6.07 Å². The molecule has 0 radical (unpaired) electrons. The Labute approximate surface area is 151 Å². The van der Waals surface area contributed by atoms with Gasteiger partial charge in [0.2, 0.25) is 10.0 Å². The maximum atomic E-state index is 13.0. The van der Waals surface area contributed by atoms with E-state index < -0.39 is 36.5 Å². The molecule has 140 valence electrons.